The third kappa shape index (κ3) is 3.79. The van der Waals surface area contributed by atoms with Crippen LogP contribution in [0.4, 0.5) is 29.2 Å². The van der Waals surface area contributed by atoms with Crippen LogP contribution in [0.2, 0.25) is 0 Å². The molecule has 0 unspecified atom stereocenters. The predicted molar refractivity (Wildman–Crippen MR) is 102 cm³/mol. The van der Waals surface area contributed by atoms with Crippen LogP contribution in [-0.4, -0.2) is 20.3 Å². The molecule has 0 aliphatic carbocycles. The largest absolute Gasteiger partial charge is 0.419 e. The van der Waals surface area contributed by atoms with Crippen LogP contribution in [0.1, 0.15) is 15.9 Å². The van der Waals surface area contributed by atoms with Crippen LogP contribution in [0, 0.1) is 5.82 Å². The summed E-state index contributed by atoms with van der Waals surface area (Å²) in [5, 5.41) is 2.59. The molecule has 0 aliphatic rings. The normalized spacial score (nSPS) is 11.6. The Labute approximate surface area is 167 Å². The summed E-state index contributed by atoms with van der Waals surface area (Å²) in [5.74, 6) is -1.30. The first-order valence-corrected chi connectivity index (χ1v) is 8.59. The molecule has 0 spiro atoms. The standard InChI is InChI=1S/C20H13F4N5O/c21-14-4-1-11(2-5-14)19(30)28-16-10-29-9-12(3-6-17(29)27-16)13-7-15(20(22,23)24)18(25)26-8-13/h1-10H,(H2,25,26)(H,28,30). The van der Waals surface area contributed by atoms with Crippen LogP contribution in [-0.2, 0) is 6.18 Å². The van der Waals surface area contributed by atoms with Crippen LogP contribution in [0.25, 0.3) is 16.8 Å². The molecule has 4 aromatic rings. The van der Waals surface area contributed by atoms with Crippen molar-refractivity contribution in [1.82, 2.24) is 14.4 Å². The predicted octanol–water partition coefficient (Wildman–Crippen LogP) is 4.39. The topological polar surface area (TPSA) is 85.3 Å². The number of rotatable bonds is 3. The zero-order valence-corrected chi connectivity index (χ0v) is 15.1. The van der Waals surface area contributed by atoms with E-state index in [0.717, 1.165) is 6.07 Å². The highest BCUT2D eigenvalue weighted by Gasteiger charge is 2.34. The third-order valence-corrected chi connectivity index (χ3v) is 4.36. The van der Waals surface area contributed by atoms with E-state index in [9.17, 15) is 22.4 Å². The van der Waals surface area contributed by atoms with E-state index in [4.69, 9.17) is 5.73 Å². The molecule has 3 heterocycles. The molecule has 0 radical (unpaired) electrons. The number of carbonyl (C=O) groups is 1. The first kappa shape index (κ1) is 19.4. The lowest BCUT2D eigenvalue weighted by atomic mass is 10.1. The van der Waals surface area contributed by atoms with Gasteiger partial charge in [-0.15, -0.1) is 0 Å². The summed E-state index contributed by atoms with van der Waals surface area (Å²) in [6.07, 6.45) is -0.303. The number of pyridine rings is 2. The van der Waals surface area contributed by atoms with Crippen LogP contribution in [0.3, 0.4) is 0 Å². The number of aromatic nitrogens is 3. The lowest BCUT2D eigenvalue weighted by Gasteiger charge is -2.11. The molecule has 0 fully saturated rings. The quantitative estimate of drug-likeness (QED) is 0.486. The summed E-state index contributed by atoms with van der Waals surface area (Å²) in [6.45, 7) is 0. The van der Waals surface area contributed by atoms with E-state index in [2.05, 4.69) is 15.3 Å². The van der Waals surface area contributed by atoms with E-state index in [0.29, 0.717) is 11.2 Å². The van der Waals surface area contributed by atoms with Gasteiger partial charge >= 0.3 is 6.18 Å². The van der Waals surface area contributed by atoms with Gasteiger partial charge in [0.05, 0.1) is 11.8 Å². The summed E-state index contributed by atoms with van der Waals surface area (Å²) < 4.78 is 53.8. The van der Waals surface area contributed by atoms with Gasteiger partial charge in [-0.05, 0) is 42.5 Å². The van der Waals surface area contributed by atoms with Crippen molar-refractivity contribution < 1.29 is 22.4 Å². The first-order valence-electron chi connectivity index (χ1n) is 8.59. The summed E-state index contributed by atoms with van der Waals surface area (Å²) in [6, 6.07) is 9.11. The summed E-state index contributed by atoms with van der Waals surface area (Å²) in [7, 11) is 0. The van der Waals surface area contributed by atoms with Gasteiger partial charge in [0.2, 0.25) is 0 Å². The summed E-state index contributed by atoms with van der Waals surface area (Å²) in [5.41, 5.74) is 5.72. The van der Waals surface area contributed by atoms with Crippen LogP contribution in [0.15, 0.2) is 61.1 Å². The Bertz CT molecular complexity index is 1250. The number of benzene rings is 1. The van der Waals surface area contributed by atoms with Gasteiger partial charge in [0.25, 0.3) is 5.91 Å². The lowest BCUT2D eigenvalue weighted by Crippen LogP contribution is -2.11. The molecule has 10 heteroatoms. The van der Waals surface area contributed by atoms with Crippen molar-refractivity contribution in [2.24, 2.45) is 0 Å². The van der Waals surface area contributed by atoms with Crippen LogP contribution >= 0.6 is 0 Å². The zero-order valence-electron chi connectivity index (χ0n) is 15.1. The highest BCUT2D eigenvalue weighted by atomic mass is 19.4. The molecule has 1 amide bonds. The van der Waals surface area contributed by atoms with E-state index >= 15 is 0 Å². The number of alkyl halides is 3. The average Bonchev–Trinajstić information content (AvgIpc) is 3.09. The number of anilines is 2. The Morgan fingerprint density at radius 3 is 2.47 bits per heavy atom. The average molecular weight is 415 g/mol. The second-order valence-electron chi connectivity index (χ2n) is 6.42. The Morgan fingerprint density at radius 2 is 1.77 bits per heavy atom. The van der Waals surface area contributed by atoms with Crippen LogP contribution in [0.5, 0.6) is 0 Å². The third-order valence-electron chi connectivity index (χ3n) is 4.36. The molecular weight excluding hydrogens is 402 g/mol. The number of fused-ring (bicyclic) bond motifs is 1. The number of amides is 1. The number of nitrogens with one attached hydrogen (secondary N) is 1. The van der Waals surface area contributed by atoms with Crippen molar-refractivity contribution in [3.63, 3.8) is 0 Å². The maximum absolute atomic E-state index is 13.1. The van der Waals surface area contributed by atoms with Gasteiger partial charge in [-0.2, -0.15) is 13.2 Å². The van der Waals surface area contributed by atoms with Gasteiger partial charge in [-0.3, -0.25) is 4.79 Å². The highest BCUT2D eigenvalue weighted by molar-refractivity contribution is 6.03. The fourth-order valence-electron chi connectivity index (χ4n) is 2.87. The number of carbonyl (C=O) groups excluding carboxylic acids is 1. The molecule has 1 aromatic carbocycles. The molecule has 0 aliphatic heterocycles. The minimum Gasteiger partial charge on any atom is -0.383 e. The number of nitrogen functional groups attached to an aromatic ring is 1. The van der Waals surface area contributed by atoms with Gasteiger partial charge in [-0.1, -0.05) is 0 Å². The van der Waals surface area contributed by atoms with Crippen molar-refractivity contribution in [2.75, 3.05) is 11.1 Å². The van der Waals surface area contributed by atoms with E-state index in [1.165, 1.54) is 36.7 Å². The molecule has 3 N–H and O–H groups in total. The molecule has 0 saturated carbocycles. The molecule has 30 heavy (non-hydrogen) atoms. The van der Waals surface area contributed by atoms with E-state index in [-0.39, 0.29) is 16.9 Å². The number of imidazole rings is 1. The van der Waals surface area contributed by atoms with E-state index < -0.39 is 29.3 Å². The Hall–Kier alpha value is -3.95. The minimum absolute atomic E-state index is 0.226. The smallest absolute Gasteiger partial charge is 0.383 e. The number of hydrogen-bond donors (Lipinski definition) is 2. The van der Waals surface area contributed by atoms with Crippen molar-refractivity contribution >= 4 is 23.2 Å². The van der Waals surface area contributed by atoms with Gasteiger partial charge in [0.15, 0.2) is 5.82 Å². The number of hydrogen-bond acceptors (Lipinski definition) is 4. The Kier molecular flexibility index (Phi) is 4.61. The summed E-state index contributed by atoms with van der Waals surface area (Å²) in [4.78, 5) is 20.1. The lowest BCUT2D eigenvalue weighted by molar-refractivity contribution is -0.137. The number of halogens is 4. The van der Waals surface area contributed by atoms with Crippen LogP contribution < -0.4 is 11.1 Å². The van der Waals surface area contributed by atoms with E-state index in [1.54, 1.807) is 22.7 Å². The first-order chi connectivity index (χ1) is 14.2. The molecule has 4 rings (SSSR count). The zero-order chi connectivity index (χ0) is 21.5. The molecular formula is C20H13F4N5O. The maximum Gasteiger partial charge on any atom is 0.419 e. The van der Waals surface area contributed by atoms with Gasteiger partial charge < -0.3 is 15.5 Å². The second kappa shape index (κ2) is 7.14. The molecule has 0 saturated heterocycles. The van der Waals surface area contributed by atoms with Gasteiger partial charge in [0.1, 0.15) is 17.3 Å². The monoisotopic (exact) mass is 415 g/mol. The minimum atomic E-state index is -4.62. The SMILES string of the molecule is Nc1ncc(-c2ccc3nc(NC(=O)c4ccc(F)cc4)cn3c2)cc1C(F)(F)F. The highest BCUT2D eigenvalue weighted by Crippen LogP contribution is 2.35. The Morgan fingerprint density at radius 1 is 1.03 bits per heavy atom. The second-order valence-corrected chi connectivity index (χ2v) is 6.42. The van der Waals surface area contributed by atoms with Gasteiger partial charge in [0, 0.05) is 29.1 Å². The molecule has 0 bridgehead atoms. The van der Waals surface area contributed by atoms with Crippen molar-refractivity contribution in [1.29, 1.82) is 0 Å². The molecule has 0 atom stereocenters. The number of nitrogens with two attached hydrogens (primary N) is 1. The fraction of sp³-hybridized carbons (Fsp3) is 0.0500. The van der Waals surface area contributed by atoms with Crippen molar-refractivity contribution in [2.45, 2.75) is 6.18 Å². The van der Waals surface area contributed by atoms with Crippen molar-refractivity contribution in [3.8, 4) is 11.1 Å². The fourth-order valence-corrected chi connectivity index (χ4v) is 2.87. The number of nitrogens with zero attached hydrogens (tertiary/aromatic N) is 3. The van der Waals surface area contributed by atoms with Gasteiger partial charge in [-0.25, -0.2) is 14.4 Å². The molecule has 152 valence electrons. The molecule has 6 nitrogen and oxygen atoms in total. The van der Waals surface area contributed by atoms with Crippen molar-refractivity contribution in [3.05, 3.63) is 78.0 Å². The Balaban J connectivity index is 1.63. The van der Waals surface area contributed by atoms with E-state index in [1.807, 2.05) is 0 Å². The summed E-state index contributed by atoms with van der Waals surface area (Å²) >= 11 is 0. The maximum atomic E-state index is 13.1. The molecule has 3 aromatic heterocycles.